The van der Waals surface area contributed by atoms with Gasteiger partial charge in [-0.3, -0.25) is 14.4 Å². The van der Waals surface area contributed by atoms with Crippen LogP contribution >= 0.6 is 11.3 Å². The highest BCUT2D eigenvalue weighted by molar-refractivity contribution is 7.12. The molecule has 1 aromatic heterocycles. The van der Waals surface area contributed by atoms with Crippen LogP contribution in [-0.2, 0) is 16.1 Å². The summed E-state index contributed by atoms with van der Waals surface area (Å²) < 4.78 is 0. The molecule has 1 aliphatic carbocycles. The van der Waals surface area contributed by atoms with Crippen molar-refractivity contribution in [1.29, 1.82) is 0 Å². The highest BCUT2D eigenvalue weighted by Crippen LogP contribution is 2.43. The van der Waals surface area contributed by atoms with Crippen molar-refractivity contribution in [3.63, 3.8) is 0 Å². The van der Waals surface area contributed by atoms with Crippen molar-refractivity contribution in [1.82, 2.24) is 5.32 Å². The van der Waals surface area contributed by atoms with E-state index in [4.69, 9.17) is 0 Å². The van der Waals surface area contributed by atoms with Crippen LogP contribution in [-0.4, -0.2) is 30.3 Å². The lowest BCUT2D eigenvalue weighted by Crippen LogP contribution is -2.48. The lowest BCUT2D eigenvalue weighted by molar-refractivity contribution is -0.123. The molecule has 1 fully saturated rings. The predicted molar refractivity (Wildman–Crippen MR) is 129 cm³/mol. The standard InChI is InChI=1S/C26H25N3O3S/c30-24(16-27-25(31)23-14-7-15-33-23)29-20-13-6-10-19(20)26(32)28(17-18-8-2-1-3-9-18)21-11-4-5-12-22(21)29/h1-5,7-9,11-12,14-15,19-20H,6,10,13,16-17H2,(H,27,31)/t19-,20+/m0/s1. The fourth-order valence-corrected chi connectivity index (χ4v) is 5.56. The average Bonchev–Trinajstić information content (AvgIpc) is 3.53. The summed E-state index contributed by atoms with van der Waals surface area (Å²) in [6.45, 7) is 0.345. The van der Waals surface area contributed by atoms with Gasteiger partial charge in [-0.1, -0.05) is 55.0 Å². The second-order valence-electron chi connectivity index (χ2n) is 8.43. The van der Waals surface area contributed by atoms with Gasteiger partial charge in [0.2, 0.25) is 11.8 Å². The topological polar surface area (TPSA) is 69.7 Å². The van der Waals surface area contributed by atoms with Crippen LogP contribution in [0.3, 0.4) is 0 Å². The van der Waals surface area contributed by atoms with E-state index in [2.05, 4.69) is 5.32 Å². The minimum Gasteiger partial charge on any atom is -0.342 e. The number of carbonyl (C=O) groups excluding carboxylic acids is 3. The molecule has 1 saturated carbocycles. The number of nitrogens with one attached hydrogen (secondary N) is 1. The molecule has 6 nitrogen and oxygen atoms in total. The van der Waals surface area contributed by atoms with Crippen LogP contribution in [0.25, 0.3) is 0 Å². The largest absolute Gasteiger partial charge is 0.342 e. The lowest BCUT2D eigenvalue weighted by atomic mass is 10.0. The van der Waals surface area contributed by atoms with Gasteiger partial charge < -0.3 is 15.1 Å². The van der Waals surface area contributed by atoms with E-state index in [1.807, 2.05) is 70.9 Å². The van der Waals surface area contributed by atoms with Gasteiger partial charge in [-0.2, -0.15) is 0 Å². The number of benzene rings is 2. The molecule has 0 saturated heterocycles. The number of hydrogen-bond acceptors (Lipinski definition) is 4. The smallest absolute Gasteiger partial charge is 0.261 e. The summed E-state index contributed by atoms with van der Waals surface area (Å²) in [6.07, 6.45) is 2.43. The van der Waals surface area contributed by atoms with Gasteiger partial charge in [0.15, 0.2) is 0 Å². The van der Waals surface area contributed by atoms with Crippen LogP contribution in [0.4, 0.5) is 11.4 Å². The Morgan fingerprint density at radius 2 is 1.70 bits per heavy atom. The van der Waals surface area contributed by atoms with Crippen molar-refractivity contribution in [2.45, 2.75) is 31.8 Å². The highest BCUT2D eigenvalue weighted by Gasteiger charge is 2.45. The molecule has 2 atom stereocenters. The fraction of sp³-hybridized carbons (Fsp3) is 0.269. The van der Waals surface area contributed by atoms with Crippen LogP contribution in [0.1, 0.15) is 34.5 Å². The van der Waals surface area contributed by atoms with E-state index in [9.17, 15) is 14.4 Å². The van der Waals surface area contributed by atoms with Crippen molar-refractivity contribution in [2.75, 3.05) is 16.3 Å². The molecule has 3 amide bonds. The van der Waals surface area contributed by atoms with E-state index in [1.54, 1.807) is 11.0 Å². The quantitative estimate of drug-likeness (QED) is 0.621. The molecule has 1 aliphatic heterocycles. The normalized spacial score (nSPS) is 19.6. The molecule has 0 radical (unpaired) electrons. The molecule has 3 aromatic rings. The second kappa shape index (κ2) is 9.19. The Balaban J connectivity index is 1.47. The van der Waals surface area contributed by atoms with Gasteiger partial charge in [0.25, 0.3) is 5.91 Å². The molecule has 5 rings (SSSR count). The number of rotatable bonds is 5. The molecule has 0 spiro atoms. The minimum atomic E-state index is -0.258. The number of amides is 3. The van der Waals surface area contributed by atoms with Crippen molar-refractivity contribution >= 4 is 40.4 Å². The molecule has 0 bridgehead atoms. The van der Waals surface area contributed by atoms with Crippen LogP contribution < -0.4 is 15.1 Å². The van der Waals surface area contributed by atoms with Gasteiger partial charge >= 0.3 is 0 Å². The first kappa shape index (κ1) is 21.4. The summed E-state index contributed by atoms with van der Waals surface area (Å²) >= 11 is 1.34. The Bertz CT molecular complexity index is 1160. The lowest BCUT2D eigenvalue weighted by Gasteiger charge is -2.30. The molecule has 2 aromatic carbocycles. The minimum absolute atomic E-state index is 0.0618. The van der Waals surface area contributed by atoms with Gasteiger partial charge in [-0.25, -0.2) is 0 Å². The number of nitrogens with zero attached hydrogens (tertiary/aromatic N) is 2. The molecule has 2 aliphatic rings. The third-order valence-corrected chi connectivity index (χ3v) is 7.29. The Hall–Kier alpha value is -3.45. The van der Waals surface area contributed by atoms with E-state index in [1.165, 1.54) is 11.3 Å². The Morgan fingerprint density at radius 3 is 2.45 bits per heavy atom. The maximum atomic E-state index is 13.7. The average molecular weight is 460 g/mol. The molecule has 1 N–H and O–H groups in total. The number of anilines is 2. The van der Waals surface area contributed by atoms with E-state index >= 15 is 0 Å². The molecule has 0 unspecified atom stereocenters. The van der Waals surface area contributed by atoms with E-state index < -0.39 is 0 Å². The molecule has 2 heterocycles. The van der Waals surface area contributed by atoms with Crippen LogP contribution in [0, 0.1) is 5.92 Å². The maximum Gasteiger partial charge on any atom is 0.261 e. The number of carbonyl (C=O) groups is 3. The van der Waals surface area contributed by atoms with E-state index in [-0.39, 0.29) is 36.2 Å². The van der Waals surface area contributed by atoms with E-state index in [0.29, 0.717) is 11.4 Å². The molecular formula is C26H25N3O3S. The van der Waals surface area contributed by atoms with Crippen molar-refractivity contribution in [2.24, 2.45) is 5.92 Å². The molecular weight excluding hydrogens is 434 g/mol. The third-order valence-electron chi connectivity index (χ3n) is 6.42. The van der Waals surface area contributed by atoms with Gasteiger partial charge in [-0.05, 0) is 42.0 Å². The summed E-state index contributed by atoms with van der Waals surface area (Å²) in [5, 5.41) is 4.59. The molecule has 168 valence electrons. The number of hydrogen-bond donors (Lipinski definition) is 1. The first-order valence-corrected chi connectivity index (χ1v) is 12.1. The maximum absolute atomic E-state index is 13.7. The van der Waals surface area contributed by atoms with Crippen molar-refractivity contribution in [3.8, 4) is 0 Å². The van der Waals surface area contributed by atoms with Crippen molar-refractivity contribution in [3.05, 3.63) is 82.6 Å². The van der Waals surface area contributed by atoms with Gasteiger partial charge in [0, 0.05) is 6.04 Å². The highest BCUT2D eigenvalue weighted by atomic mass is 32.1. The number of thiophene rings is 1. The van der Waals surface area contributed by atoms with Crippen LogP contribution in [0.2, 0.25) is 0 Å². The fourth-order valence-electron chi connectivity index (χ4n) is 4.92. The number of fused-ring (bicyclic) bond motifs is 2. The summed E-state index contributed by atoms with van der Waals surface area (Å²) in [7, 11) is 0. The van der Waals surface area contributed by atoms with Crippen molar-refractivity contribution < 1.29 is 14.4 Å². The second-order valence-corrected chi connectivity index (χ2v) is 9.37. The zero-order valence-electron chi connectivity index (χ0n) is 18.1. The van der Waals surface area contributed by atoms with E-state index in [0.717, 1.165) is 36.2 Å². The van der Waals surface area contributed by atoms with Crippen LogP contribution in [0.5, 0.6) is 0 Å². The summed E-state index contributed by atoms with van der Waals surface area (Å²) in [6, 6.07) is 20.8. The third kappa shape index (κ3) is 4.16. The molecule has 7 heteroatoms. The van der Waals surface area contributed by atoms with Gasteiger partial charge in [-0.15, -0.1) is 11.3 Å². The first-order chi connectivity index (χ1) is 16.1. The Labute approximate surface area is 196 Å². The zero-order chi connectivity index (χ0) is 22.8. The monoisotopic (exact) mass is 459 g/mol. The number of para-hydroxylation sites is 2. The summed E-state index contributed by atoms with van der Waals surface area (Å²) in [5.41, 5.74) is 2.50. The predicted octanol–water partition coefficient (Wildman–Crippen LogP) is 4.23. The zero-order valence-corrected chi connectivity index (χ0v) is 19.0. The Morgan fingerprint density at radius 1 is 0.939 bits per heavy atom. The Kier molecular flexibility index (Phi) is 5.96. The summed E-state index contributed by atoms with van der Waals surface area (Å²) in [5.74, 6) is -0.644. The van der Waals surface area contributed by atoms with Gasteiger partial charge in [0.05, 0.1) is 35.3 Å². The van der Waals surface area contributed by atoms with Gasteiger partial charge in [0.1, 0.15) is 0 Å². The molecule has 33 heavy (non-hydrogen) atoms. The summed E-state index contributed by atoms with van der Waals surface area (Å²) in [4.78, 5) is 43.8. The van der Waals surface area contributed by atoms with Crippen LogP contribution in [0.15, 0.2) is 72.1 Å². The first-order valence-electron chi connectivity index (χ1n) is 11.2. The SMILES string of the molecule is O=C(NCC(=O)N1c2ccccc2N(Cc2ccccc2)C(=O)[C@H]2CCC[C@H]21)c1cccs1.